The normalized spacial score (nSPS) is 12.7. The number of phenols is 2. The second-order valence-electron chi connectivity index (χ2n) is 5.53. The topological polar surface area (TPSA) is 60.7 Å². The van der Waals surface area contributed by atoms with Gasteiger partial charge in [-0.05, 0) is 27.8 Å². The molecular weight excluding hydrogens is 244 g/mol. The van der Waals surface area contributed by atoms with E-state index in [1.807, 2.05) is 18.2 Å². The number of fused-ring (bicyclic) bond motifs is 1. The van der Waals surface area contributed by atoms with Crippen LogP contribution < -0.4 is 5.19 Å². The standard InChI is InChI=1S/C14H18O3Si/c1-14(2,3)10-6-4-5-8-9(10)7-11(15)12(16)13(8)18-17/h4-7,15-17H,18H2,1-3H3. The van der Waals surface area contributed by atoms with Crippen LogP contribution in [0.5, 0.6) is 11.5 Å². The molecule has 0 aromatic heterocycles. The van der Waals surface area contributed by atoms with Crippen LogP contribution in [0.15, 0.2) is 24.3 Å². The smallest absolute Gasteiger partial charge is 0.192 e. The third kappa shape index (κ3) is 1.98. The van der Waals surface area contributed by atoms with Crippen LogP contribution in [0.4, 0.5) is 0 Å². The Morgan fingerprint density at radius 1 is 1.06 bits per heavy atom. The summed E-state index contributed by atoms with van der Waals surface area (Å²) in [6.45, 7) is 6.30. The first-order valence-electron chi connectivity index (χ1n) is 5.94. The Hall–Kier alpha value is -1.52. The highest BCUT2D eigenvalue weighted by atomic mass is 28.2. The molecule has 3 nitrogen and oxygen atoms in total. The third-order valence-electron chi connectivity index (χ3n) is 3.21. The van der Waals surface area contributed by atoms with Crippen molar-refractivity contribution in [1.29, 1.82) is 0 Å². The lowest BCUT2D eigenvalue weighted by atomic mass is 9.83. The molecule has 0 saturated heterocycles. The van der Waals surface area contributed by atoms with E-state index in [0.29, 0.717) is 5.19 Å². The van der Waals surface area contributed by atoms with Gasteiger partial charge in [0, 0.05) is 5.19 Å². The molecule has 0 atom stereocenters. The molecule has 0 aliphatic carbocycles. The molecule has 0 radical (unpaired) electrons. The van der Waals surface area contributed by atoms with Gasteiger partial charge in [0.15, 0.2) is 21.3 Å². The van der Waals surface area contributed by atoms with E-state index in [2.05, 4.69) is 20.8 Å². The lowest BCUT2D eigenvalue weighted by Crippen LogP contribution is -2.18. The van der Waals surface area contributed by atoms with E-state index in [0.717, 1.165) is 16.3 Å². The highest BCUT2D eigenvalue weighted by Crippen LogP contribution is 2.34. The Morgan fingerprint density at radius 3 is 2.28 bits per heavy atom. The van der Waals surface area contributed by atoms with Crippen LogP contribution >= 0.6 is 0 Å². The van der Waals surface area contributed by atoms with Crippen molar-refractivity contribution in [2.24, 2.45) is 0 Å². The Bertz CT molecular complexity index is 600. The molecule has 0 unspecified atom stereocenters. The van der Waals surface area contributed by atoms with Crippen LogP contribution in [0.25, 0.3) is 10.8 Å². The molecular formula is C14H18O3Si. The average Bonchev–Trinajstić information content (AvgIpc) is 2.29. The van der Waals surface area contributed by atoms with E-state index in [1.54, 1.807) is 6.07 Å². The minimum atomic E-state index is -1.55. The average molecular weight is 262 g/mol. The van der Waals surface area contributed by atoms with Gasteiger partial charge in [-0.2, -0.15) is 0 Å². The zero-order valence-electron chi connectivity index (χ0n) is 10.9. The van der Waals surface area contributed by atoms with Gasteiger partial charge in [-0.25, -0.2) is 0 Å². The van der Waals surface area contributed by atoms with Crippen molar-refractivity contribution in [3.05, 3.63) is 29.8 Å². The summed E-state index contributed by atoms with van der Waals surface area (Å²) in [6.07, 6.45) is 0. The molecule has 0 bridgehead atoms. The van der Waals surface area contributed by atoms with Gasteiger partial charge >= 0.3 is 0 Å². The SMILES string of the molecule is CC(C)(C)c1cccc2c([SiH2]O)c(O)c(O)cc12. The number of rotatable bonds is 1. The first kappa shape index (κ1) is 12.9. The highest BCUT2D eigenvalue weighted by molar-refractivity contribution is 6.52. The quantitative estimate of drug-likeness (QED) is 0.535. The van der Waals surface area contributed by atoms with Crippen molar-refractivity contribution in [2.45, 2.75) is 26.2 Å². The van der Waals surface area contributed by atoms with E-state index >= 15 is 0 Å². The lowest BCUT2D eigenvalue weighted by Gasteiger charge is -2.22. The Kier molecular flexibility index (Phi) is 3.08. The number of phenolic OH excluding ortho intramolecular Hbond substituents is 2. The van der Waals surface area contributed by atoms with Crippen molar-refractivity contribution in [3.63, 3.8) is 0 Å². The van der Waals surface area contributed by atoms with Crippen LogP contribution in [0.1, 0.15) is 26.3 Å². The van der Waals surface area contributed by atoms with Gasteiger partial charge in [0.05, 0.1) is 0 Å². The molecule has 2 aromatic carbocycles. The van der Waals surface area contributed by atoms with Gasteiger partial charge in [0.25, 0.3) is 0 Å². The fourth-order valence-electron chi connectivity index (χ4n) is 2.29. The molecule has 96 valence electrons. The lowest BCUT2D eigenvalue weighted by molar-refractivity contribution is 0.407. The maximum Gasteiger partial charge on any atom is 0.192 e. The van der Waals surface area contributed by atoms with Crippen LogP contribution in [0.2, 0.25) is 0 Å². The summed E-state index contributed by atoms with van der Waals surface area (Å²) < 4.78 is 0. The number of hydrogen-bond donors (Lipinski definition) is 3. The van der Waals surface area contributed by atoms with Crippen molar-refractivity contribution in [3.8, 4) is 11.5 Å². The molecule has 4 heteroatoms. The molecule has 0 amide bonds. The highest BCUT2D eigenvalue weighted by Gasteiger charge is 2.20. The first-order chi connectivity index (χ1) is 8.36. The minimum Gasteiger partial charge on any atom is -0.504 e. The van der Waals surface area contributed by atoms with Crippen molar-refractivity contribution in [2.75, 3.05) is 0 Å². The van der Waals surface area contributed by atoms with E-state index in [4.69, 9.17) is 0 Å². The molecule has 2 rings (SSSR count). The third-order valence-corrected chi connectivity index (χ3v) is 4.24. The van der Waals surface area contributed by atoms with Gasteiger partial charge in [-0.15, -0.1) is 0 Å². The predicted octanol–water partition coefficient (Wildman–Crippen LogP) is 1.25. The molecule has 0 heterocycles. The van der Waals surface area contributed by atoms with E-state index in [1.165, 1.54) is 0 Å². The van der Waals surface area contributed by atoms with Crippen molar-refractivity contribution >= 4 is 25.7 Å². The molecule has 0 saturated carbocycles. The van der Waals surface area contributed by atoms with E-state index in [9.17, 15) is 15.0 Å². The van der Waals surface area contributed by atoms with Crippen molar-refractivity contribution < 1.29 is 15.0 Å². The first-order valence-corrected chi connectivity index (χ1v) is 7.28. The number of hydrogen-bond acceptors (Lipinski definition) is 3. The fourth-order valence-corrected chi connectivity index (χ4v) is 3.09. The van der Waals surface area contributed by atoms with Crippen LogP contribution in [0.3, 0.4) is 0 Å². The summed E-state index contributed by atoms with van der Waals surface area (Å²) in [6, 6.07) is 7.40. The monoisotopic (exact) mass is 262 g/mol. The van der Waals surface area contributed by atoms with Gasteiger partial charge < -0.3 is 15.0 Å². The number of benzene rings is 2. The second-order valence-corrected chi connectivity index (χ2v) is 6.55. The summed E-state index contributed by atoms with van der Waals surface area (Å²) in [7, 11) is -1.55. The second kappa shape index (κ2) is 4.30. The molecule has 0 aliphatic heterocycles. The van der Waals surface area contributed by atoms with E-state index in [-0.39, 0.29) is 16.9 Å². The summed E-state index contributed by atoms with van der Waals surface area (Å²) >= 11 is 0. The van der Waals surface area contributed by atoms with Crippen LogP contribution in [-0.4, -0.2) is 24.8 Å². The maximum atomic E-state index is 9.81. The zero-order valence-corrected chi connectivity index (χ0v) is 12.3. The summed E-state index contributed by atoms with van der Waals surface area (Å²) in [5.74, 6) is -0.335. The summed E-state index contributed by atoms with van der Waals surface area (Å²) in [5.41, 5.74) is 1.04. The van der Waals surface area contributed by atoms with Gasteiger partial charge in [-0.3, -0.25) is 0 Å². The van der Waals surface area contributed by atoms with Gasteiger partial charge in [0.1, 0.15) is 0 Å². The molecule has 3 N–H and O–H groups in total. The fraction of sp³-hybridized carbons (Fsp3) is 0.286. The van der Waals surface area contributed by atoms with Crippen LogP contribution in [0, 0.1) is 0 Å². The Morgan fingerprint density at radius 2 is 1.72 bits per heavy atom. The number of aromatic hydroxyl groups is 2. The maximum absolute atomic E-state index is 9.81. The molecule has 0 aliphatic rings. The molecule has 0 fully saturated rings. The summed E-state index contributed by atoms with van der Waals surface area (Å²) in [4.78, 5) is 9.50. The predicted molar refractivity (Wildman–Crippen MR) is 76.4 cm³/mol. The van der Waals surface area contributed by atoms with Gasteiger partial charge in [0.2, 0.25) is 0 Å². The Labute approximate surface area is 109 Å². The molecule has 2 aromatic rings. The zero-order chi connectivity index (χ0) is 13.5. The molecule has 18 heavy (non-hydrogen) atoms. The summed E-state index contributed by atoms with van der Waals surface area (Å²) in [5, 5.41) is 21.8. The van der Waals surface area contributed by atoms with E-state index < -0.39 is 9.76 Å². The van der Waals surface area contributed by atoms with Crippen molar-refractivity contribution in [1.82, 2.24) is 0 Å². The minimum absolute atomic E-state index is 0.0583. The Balaban J connectivity index is 2.91. The molecule has 0 spiro atoms. The largest absolute Gasteiger partial charge is 0.504 e. The van der Waals surface area contributed by atoms with Gasteiger partial charge in [-0.1, -0.05) is 39.0 Å². The van der Waals surface area contributed by atoms with Crippen LogP contribution in [-0.2, 0) is 5.41 Å².